The second-order valence-corrected chi connectivity index (χ2v) is 4.45. The number of H-pyrrole nitrogens is 1. The minimum atomic E-state index is -0.425. The summed E-state index contributed by atoms with van der Waals surface area (Å²) < 4.78 is 10.3. The molecular weight excluding hydrogens is 266 g/mol. The van der Waals surface area contributed by atoms with Crippen molar-refractivity contribution in [1.82, 2.24) is 4.98 Å². The van der Waals surface area contributed by atoms with Gasteiger partial charge in [-0.1, -0.05) is 23.7 Å². The molecule has 96 valence electrons. The zero-order chi connectivity index (χ0) is 13.4. The number of esters is 1. The molecule has 0 atom stereocenters. The number of methoxy groups -OCH3 is 1. The van der Waals surface area contributed by atoms with E-state index in [-0.39, 0.29) is 0 Å². The molecule has 1 aromatic carbocycles. The molecular formula is C14H10ClNO3. The van der Waals surface area contributed by atoms with Gasteiger partial charge in [0, 0.05) is 17.7 Å². The molecule has 0 radical (unpaired) electrons. The van der Waals surface area contributed by atoms with Crippen LogP contribution in [0.4, 0.5) is 0 Å². The molecule has 1 N–H and O–H groups in total. The molecule has 19 heavy (non-hydrogen) atoms. The monoisotopic (exact) mass is 275 g/mol. The molecule has 2 heterocycles. The van der Waals surface area contributed by atoms with E-state index in [0.717, 1.165) is 11.1 Å². The normalized spacial score (nSPS) is 10.8. The van der Waals surface area contributed by atoms with E-state index in [1.54, 1.807) is 12.1 Å². The molecule has 0 bridgehead atoms. The molecule has 5 heteroatoms. The minimum Gasteiger partial charge on any atom is -0.464 e. The number of nitrogens with one attached hydrogen (secondary N) is 1. The number of ether oxygens (including phenoxy) is 1. The maximum atomic E-state index is 11.4. The highest BCUT2D eigenvalue weighted by molar-refractivity contribution is 6.33. The molecule has 0 aliphatic rings. The number of rotatable bonds is 2. The Morgan fingerprint density at radius 3 is 2.79 bits per heavy atom. The van der Waals surface area contributed by atoms with Crippen molar-refractivity contribution in [2.75, 3.05) is 7.11 Å². The van der Waals surface area contributed by atoms with Crippen LogP contribution in [0.5, 0.6) is 0 Å². The van der Waals surface area contributed by atoms with E-state index in [4.69, 9.17) is 16.0 Å². The first-order valence-corrected chi connectivity index (χ1v) is 6.02. The van der Waals surface area contributed by atoms with E-state index in [9.17, 15) is 4.79 Å². The first-order chi connectivity index (χ1) is 9.19. The van der Waals surface area contributed by atoms with Crippen molar-refractivity contribution in [3.8, 4) is 11.3 Å². The molecule has 3 aromatic rings. The van der Waals surface area contributed by atoms with Gasteiger partial charge in [0.1, 0.15) is 11.5 Å². The molecule has 0 saturated carbocycles. The summed E-state index contributed by atoms with van der Waals surface area (Å²) in [6.07, 6.45) is 0. The minimum absolute atomic E-state index is 0.363. The van der Waals surface area contributed by atoms with E-state index in [2.05, 4.69) is 9.72 Å². The van der Waals surface area contributed by atoms with Crippen LogP contribution in [0.1, 0.15) is 10.5 Å². The first kappa shape index (κ1) is 11.9. The van der Waals surface area contributed by atoms with Crippen LogP contribution >= 0.6 is 11.6 Å². The zero-order valence-corrected chi connectivity index (χ0v) is 10.8. The largest absolute Gasteiger partial charge is 0.464 e. The van der Waals surface area contributed by atoms with Crippen LogP contribution in [0.15, 0.2) is 40.8 Å². The summed E-state index contributed by atoms with van der Waals surface area (Å²) in [6.45, 7) is 0. The Morgan fingerprint density at radius 1 is 1.32 bits per heavy atom. The van der Waals surface area contributed by atoms with Gasteiger partial charge in [-0.05, 0) is 12.1 Å². The average Bonchev–Trinajstić information content (AvgIpc) is 2.96. The smallest absolute Gasteiger partial charge is 0.354 e. The van der Waals surface area contributed by atoms with Gasteiger partial charge in [0.05, 0.1) is 17.6 Å². The van der Waals surface area contributed by atoms with Gasteiger partial charge in [-0.25, -0.2) is 4.79 Å². The predicted molar refractivity (Wildman–Crippen MR) is 72.4 cm³/mol. The number of benzene rings is 1. The van der Waals surface area contributed by atoms with E-state index in [1.165, 1.54) is 7.11 Å². The number of hydrogen-bond acceptors (Lipinski definition) is 3. The van der Waals surface area contributed by atoms with Gasteiger partial charge in [-0.3, -0.25) is 0 Å². The summed E-state index contributed by atoms with van der Waals surface area (Å²) in [5, 5.41) is 0.618. The zero-order valence-electron chi connectivity index (χ0n) is 10.1. The number of carbonyl (C=O) groups is 1. The summed E-state index contributed by atoms with van der Waals surface area (Å²) in [7, 11) is 1.33. The summed E-state index contributed by atoms with van der Waals surface area (Å²) in [5.41, 5.74) is 2.50. The van der Waals surface area contributed by atoms with E-state index < -0.39 is 5.97 Å². The molecule has 0 unspecified atom stereocenters. The number of aromatic amines is 1. The maximum absolute atomic E-state index is 11.4. The van der Waals surface area contributed by atoms with Crippen LogP contribution in [-0.2, 0) is 4.74 Å². The van der Waals surface area contributed by atoms with Crippen molar-refractivity contribution < 1.29 is 13.9 Å². The number of carbonyl (C=O) groups excluding carboxylic acids is 1. The van der Waals surface area contributed by atoms with Crippen LogP contribution < -0.4 is 0 Å². The Bertz CT molecular complexity index is 725. The molecule has 0 fully saturated rings. The summed E-state index contributed by atoms with van der Waals surface area (Å²) >= 11 is 6.11. The van der Waals surface area contributed by atoms with Crippen molar-refractivity contribution in [2.45, 2.75) is 0 Å². The number of aromatic nitrogens is 1. The number of halogens is 1. The molecule has 4 nitrogen and oxygen atoms in total. The topological polar surface area (TPSA) is 55.2 Å². The Labute approximate surface area is 113 Å². The van der Waals surface area contributed by atoms with Gasteiger partial charge in [0.25, 0.3) is 0 Å². The van der Waals surface area contributed by atoms with E-state index in [1.807, 2.05) is 24.3 Å². The van der Waals surface area contributed by atoms with Crippen LogP contribution in [0, 0.1) is 0 Å². The maximum Gasteiger partial charge on any atom is 0.354 e. The van der Waals surface area contributed by atoms with Gasteiger partial charge in [-0.2, -0.15) is 0 Å². The van der Waals surface area contributed by atoms with Crippen molar-refractivity contribution in [3.05, 3.63) is 47.1 Å². The van der Waals surface area contributed by atoms with E-state index >= 15 is 0 Å². The molecule has 0 amide bonds. The fourth-order valence-corrected chi connectivity index (χ4v) is 2.16. The number of hydrogen-bond donors (Lipinski definition) is 1. The molecule has 0 aliphatic carbocycles. The lowest BCUT2D eigenvalue weighted by Crippen LogP contribution is -2.00. The third-order valence-corrected chi connectivity index (χ3v) is 3.18. The third kappa shape index (κ3) is 2.00. The predicted octanol–water partition coefficient (Wildman–Crippen LogP) is 3.87. The Hall–Kier alpha value is -2.20. The van der Waals surface area contributed by atoms with Crippen LogP contribution in [-0.4, -0.2) is 18.1 Å². The molecule has 0 aliphatic heterocycles. The number of furan rings is 1. The SMILES string of the molecule is COC(=O)c1cc2oc(-c3ccccc3Cl)cc2[nH]1. The van der Waals surface area contributed by atoms with Gasteiger partial charge in [0.2, 0.25) is 0 Å². The number of fused-ring (bicyclic) bond motifs is 1. The highest BCUT2D eigenvalue weighted by Crippen LogP contribution is 2.32. The van der Waals surface area contributed by atoms with Crippen LogP contribution in [0.2, 0.25) is 5.02 Å². The second kappa shape index (κ2) is 4.48. The highest BCUT2D eigenvalue weighted by Gasteiger charge is 2.15. The summed E-state index contributed by atoms with van der Waals surface area (Å²) in [4.78, 5) is 14.3. The fourth-order valence-electron chi connectivity index (χ4n) is 1.94. The van der Waals surface area contributed by atoms with Crippen LogP contribution in [0.3, 0.4) is 0 Å². The molecule has 2 aromatic heterocycles. The quantitative estimate of drug-likeness (QED) is 0.722. The molecule has 0 spiro atoms. The van der Waals surface area contributed by atoms with Gasteiger partial charge in [0.15, 0.2) is 5.58 Å². The summed E-state index contributed by atoms with van der Waals surface area (Å²) in [5.74, 6) is 0.231. The molecule has 3 rings (SSSR count). The van der Waals surface area contributed by atoms with Crippen molar-refractivity contribution in [3.63, 3.8) is 0 Å². The summed E-state index contributed by atoms with van der Waals surface area (Å²) in [6, 6.07) is 10.8. The average molecular weight is 276 g/mol. The lowest BCUT2D eigenvalue weighted by atomic mass is 10.2. The highest BCUT2D eigenvalue weighted by atomic mass is 35.5. The third-order valence-electron chi connectivity index (χ3n) is 2.85. The van der Waals surface area contributed by atoms with Gasteiger partial charge < -0.3 is 14.1 Å². The fraction of sp³-hybridized carbons (Fsp3) is 0.0714. The lowest BCUT2D eigenvalue weighted by molar-refractivity contribution is 0.0595. The molecule has 0 saturated heterocycles. The second-order valence-electron chi connectivity index (χ2n) is 4.04. The Kier molecular flexibility index (Phi) is 2.80. The van der Waals surface area contributed by atoms with E-state index in [0.29, 0.717) is 22.1 Å². The van der Waals surface area contributed by atoms with Gasteiger partial charge in [-0.15, -0.1) is 0 Å². The Balaban J connectivity index is 2.07. The van der Waals surface area contributed by atoms with Crippen molar-refractivity contribution >= 4 is 28.7 Å². The van der Waals surface area contributed by atoms with Crippen molar-refractivity contribution in [1.29, 1.82) is 0 Å². The Morgan fingerprint density at radius 2 is 2.11 bits per heavy atom. The lowest BCUT2D eigenvalue weighted by Gasteiger charge is -1.98. The van der Waals surface area contributed by atoms with Crippen molar-refractivity contribution in [2.24, 2.45) is 0 Å². The standard InChI is InChI=1S/C14H10ClNO3/c1-18-14(17)11-7-13-10(16-11)6-12(19-13)8-4-2-3-5-9(8)15/h2-7,16H,1H3. The van der Waals surface area contributed by atoms with Crippen LogP contribution in [0.25, 0.3) is 22.4 Å². The van der Waals surface area contributed by atoms with Gasteiger partial charge >= 0.3 is 5.97 Å². The first-order valence-electron chi connectivity index (χ1n) is 5.65.